The highest BCUT2D eigenvalue weighted by Crippen LogP contribution is 2.42. The van der Waals surface area contributed by atoms with E-state index in [2.05, 4.69) is 15.3 Å². The molecule has 2 fully saturated rings. The molecule has 1 aromatic heterocycles. The van der Waals surface area contributed by atoms with Gasteiger partial charge in [-0.15, -0.1) is 0 Å². The van der Waals surface area contributed by atoms with Crippen LogP contribution in [-0.2, 0) is 15.7 Å². The highest BCUT2D eigenvalue weighted by atomic mass is 19.4. The van der Waals surface area contributed by atoms with Gasteiger partial charge in [0, 0.05) is 19.3 Å². The van der Waals surface area contributed by atoms with Crippen LogP contribution in [0, 0.1) is 0 Å². The minimum Gasteiger partial charge on any atom is -0.494 e. The molecule has 1 unspecified atom stereocenters. The zero-order chi connectivity index (χ0) is 29.8. The number of hydrogen-bond donors (Lipinski definition) is 2. The first-order valence-corrected chi connectivity index (χ1v) is 13.1. The SMILES string of the molecule is COc1cc(O[C@@H]2CO[C@H]3[C@@H]2OC[C@H]3O)ccc1Nc1ncc(C(F)(F)F)c(Oc2cccc3c2C(=O)N(C)C3C)n1. The van der Waals surface area contributed by atoms with Gasteiger partial charge < -0.3 is 39.0 Å². The van der Waals surface area contributed by atoms with Gasteiger partial charge in [0.1, 0.15) is 41.1 Å². The molecule has 3 aromatic rings. The van der Waals surface area contributed by atoms with Gasteiger partial charge in [0.2, 0.25) is 11.8 Å². The Kier molecular flexibility index (Phi) is 7.07. The van der Waals surface area contributed by atoms with E-state index < -0.39 is 42.0 Å². The van der Waals surface area contributed by atoms with Crippen molar-refractivity contribution in [2.75, 3.05) is 32.7 Å². The van der Waals surface area contributed by atoms with Crippen LogP contribution in [0.3, 0.4) is 0 Å². The zero-order valence-electron chi connectivity index (χ0n) is 22.7. The van der Waals surface area contributed by atoms with E-state index in [1.54, 1.807) is 37.4 Å². The maximum absolute atomic E-state index is 13.9. The summed E-state index contributed by atoms with van der Waals surface area (Å²) >= 11 is 0. The lowest BCUT2D eigenvalue weighted by molar-refractivity contribution is -0.139. The zero-order valence-corrected chi connectivity index (χ0v) is 22.7. The number of aliphatic hydroxyl groups is 1. The van der Waals surface area contributed by atoms with Gasteiger partial charge in [0.05, 0.1) is 37.6 Å². The molecule has 2 N–H and O–H groups in total. The van der Waals surface area contributed by atoms with Gasteiger partial charge in [0.15, 0.2) is 6.10 Å². The number of hydrogen-bond acceptors (Lipinski definition) is 10. The van der Waals surface area contributed by atoms with E-state index in [1.165, 1.54) is 18.1 Å². The maximum Gasteiger partial charge on any atom is 0.423 e. The first kappa shape index (κ1) is 28.0. The third-order valence-electron chi connectivity index (χ3n) is 7.58. The Morgan fingerprint density at radius 2 is 1.90 bits per heavy atom. The molecule has 1 amide bonds. The lowest BCUT2D eigenvalue weighted by Gasteiger charge is -2.19. The number of nitrogens with zero attached hydrogens (tertiary/aromatic N) is 3. The molecule has 5 atom stereocenters. The van der Waals surface area contributed by atoms with Crippen LogP contribution in [-0.4, -0.2) is 77.7 Å². The lowest BCUT2D eigenvalue weighted by atomic mass is 10.1. The number of halogens is 3. The van der Waals surface area contributed by atoms with Crippen molar-refractivity contribution in [3.05, 3.63) is 59.3 Å². The molecule has 14 heteroatoms. The Labute approximate surface area is 238 Å². The average Bonchev–Trinajstić information content (AvgIpc) is 3.60. The molecule has 4 heterocycles. The second-order valence-electron chi connectivity index (χ2n) is 10.1. The normalized spacial score (nSPS) is 24.9. The van der Waals surface area contributed by atoms with Crippen LogP contribution in [0.5, 0.6) is 23.1 Å². The number of alkyl halides is 3. The highest BCUT2D eigenvalue weighted by Gasteiger charge is 2.48. The van der Waals surface area contributed by atoms with Gasteiger partial charge >= 0.3 is 6.18 Å². The summed E-state index contributed by atoms with van der Waals surface area (Å²) in [6, 6.07) is 9.30. The molecule has 0 saturated carbocycles. The van der Waals surface area contributed by atoms with E-state index in [0.29, 0.717) is 28.9 Å². The van der Waals surface area contributed by atoms with Crippen molar-refractivity contribution in [1.82, 2.24) is 14.9 Å². The van der Waals surface area contributed by atoms with Crippen molar-refractivity contribution in [3.63, 3.8) is 0 Å². The van der Waals surface area contributed by atoms with Gasteiger partial charge in [-0.2, -0.15) is 18.2 Å². The molecule has 0 bridgehead atoms. The minimum absolute atomic E-state index is 0.0418. The first-order chi connectivity index (χ1) is 20.0. The smallest absolute Gasteiger partial charge is 0.423 e. The van der Waals surface area contributed by atoms with Gasteiger partial charge in [-0.05, 0) is 30.7 Å². The van der Waals surface area contributed by atoms with E-state index in [-0.39, 0.29) is 42.4 Å². The number of benzene rings is 2. The quantitative estimate of drug-likeness (QED) is 0.417. The molecule has 0 radical (unpaired) electrons. The monoisotopic (exact) mass is 588 g/mol. The van der Waals surface area contributed by atoms with Crippen LogP contribution in [0.1, 0.15) is 34.5 Å². The van der Waals surface area contributed by atoms with E-state index in [0.717, 1.165) is 0 Å². The van der Waals surface area contributed by atoms with Crippen LogP contribution < -0.4 is 19.5 Å². The molecule has 222 valence electrons. The molecular formula is C28H27F3N4O7. The fraction of sp³-hybridized carbons (Fsp3) is 0.393. The molecule has 2 saturated heterocycles. The van der Waals surface area contributed by atoms with E-state index in [4.69, 9.17) is 23.7 Å². The van der Waals surface area contributed by atoms with Crippen LogP contribution in [0.4, 0.5) is 24.8 Å². The number of rotatable bonds is 7. The fourth-order valence-electron chi connectivity index (χ4n) is 5.26. The molecule has 42 heavy (non-hydrogen) atoms. The Balaban J connectivity index is 1.26. The Morgan fingerprint density at radius 3 is 2.67 bits per heavy atom. The Bertz CT molecular complexity index is 1520. The fourth-order valence-corrected chi connectivity index (χ4v) is 5.26. The molecule has 2 aromatic carbocycles. The van der Waals surface area contributed by atoms with Crippen LogP contribution in [0.2, 0.25) is 0 Å². The number of carbonyl (C=O) groups is 1. The molecule has 6 rings (SSSR count). The van der Waals surface area contributed by atoms with Crippen molar-refractivity contribution in [3.8, 4) is 23.1 Å². The summed E-state index contributed by atoms with van der Waals surface area (Å²) in [6.45, 7) is 2.22. The predicted octanol–water partition coefficient (Wildman–Crippen LogP) is 4.09. The van der Waals surface area contributed by atoms with Gasteiger partial charge in [-0.25, -0.2) is 4.98 Å². The number of ether oxygens (including phenoxy) is 5. The van der Waals surface area contributed by atoms with Crippen LogP contribution >= 0.6 is 0 Å². The molecule has 11 nitrogen and oxygen atoms in total. The van der Waals surface area contributed by atoms with Crippen LogP contribution in [0.25, 0.3) is 0 Å². The summed E-state index contributed by atoms with van der Waals surface area (Å²) in [7, 11) is 3.03. The third kappa shape index (κ3) is 4.95. The van der Waals surface area contributed by atoms with Crippen molar-refractivity contribution in [2.24, 2.45) is 0 Å². The summed E-state index contributed by atoms with van der Waals surface area (Å²) in [5.41, 5.74) is -0.0368. The minimum atomic E-state index is -4.82. The number of anilines is 2. The molecular weight excluding hydrogens is 561 g/mol. The van der Waals surface area contributed by atoms with Crippen LogP contribution in [0.15, 0.2) is 42.6 Å². The second kappa shape index (κ2) is 10.6. The molecule has 0 spiro atoms. The van der Waals surface area contributed by atoms with E-state index >= 15 is 0 Å². The summed E-state index contributed by atoms with van der Waals surface area (Å²) in [6.07, 6.45) is -6.23. The van der Waals surface area contributed by atoms with Gasteiger partial charge in [0.25, 0.3) is 5.91 Å². The molecule has 3 aliphatic heterocycles. The second-order valence-corrected chi connectivity index (χ2v) is 10.1. The number of amides is 1. The van der Waals surface area contributed by atoms with Crippen molar-refractivity contribution in [2.45, 2.75) is 43.6 Å². The van der Waals surface area contributed by atoms with Gasteiger partial charge in [-0.3, -0.25) is 4.79 Å². The number of aromatic nitrogens is 2. The summed E-state index contributed by atoms with van der Waals surface area (Å²) in [4.78, 5) is 22.1. The van der Waals surface area contributed by atoms with Gasteiger partial charge in [-0.1, -0.05) is 12.1 Å². The number of fused-ring (bicyclic) bond motifs is 2. The van der Waals surface area contributed by atoms with Crippen molar-refractivity contribution < 1.29 is 46.8 Å². The largest absolute Gasteiger partial charge is 0.494 e. The summed E-state index contributed by atoms with van der Waals surface area (Å²) < 4.78 is 70.0. The van der Waals surface area contributed by atoms with E-state index in [9.17, 15) is 23.1 Å². The summed E-state index contributed by atoms with van der Waals surface area (Å²) in [5, 5.41) is 12.8. The number of carbonyl (C=O) groups excluding carboxylic acids is 1. The maximum atomic E-state index is 13.9. The predicted molar refractivity (Wildman–Crippen MR) is 140 cm³/mol. The summed E-state index contributed by atoms with van der Waals surface area (Å²) in [5.74, 6) is -0.650. The Hall–Kier alpha value is -4.14. The number of aliphatic hydroxyl groups excluding tert-OH is 1. The number of methoxy groups -OCH3 is 1. The Morgan fingerprint density at radius 1 is 1.12 bits per heavy atom. The standard InChI is InChI=1S/C28H27F3N4O7/c1-13-15-5-4-6-19(22(15)26(37)35(13)2)42-25-16(28(29,30)31)10-32-27(34-25)33-17-8-7-14(9-20(17)38-3)41-21-12-40-23-18(36)11-39-24(21)23/h4-10,13,18,21,23-24,36H,11-12H2,1-3H3,(H,32,33,34)/t13?,18-,21-,23-,24-/m1/s1. The molecule has 0 aliphatic carbocycles. The van der Waals surface area contributed by atoms with E-state index in [1.807, 2.05) is 6.92 Å². The average molecular weight is 589 g/mol. The van der Waals surface area contributed by atoms with Crippen molar-refractivity contribution >= 4 is 17.5 Å². The number of nitrogens with one attached hydrogen (secondary N) is 1. The third-order valence-corrected chi connectivity index (χ3v) is 7.58. The lowest BCUT2D eigenvalue weighted by Crippen LogP contribution is -2.34. The van der Waals surface area contributed by atoms with Crippen molar-refractivity contribution in [1.29, 1.82) is 0 Å². The topological polar surface area (TPSA) is 124 Å². The highest BCUT2D eigenvalue weighted by molar-refractivity contribution is 6.01. The first-order valence-electron chi connectivity index (χ1n) is 13.1. The molecule has 3 aliphatic rings.